The van der Waals surface area contributed by atoms with Crippen molar-refractivity contribution in [1.82, 2.24) is 10.2 Å². The summed E-state index contributed by atoms with van der Waals surface area (Å²) < 4.78 is 0. The smallest absolute Gasteiger partial charge is 0.224 e. The lowest BCUT2D eigenvalue weighted by Crippen LogP contribution is -2.32. The van der Waals surface area contributed by atoms with Gasteiger partial charge in [-0.3, -0.25) is 4.79 Å². The predicted octanol–water partition coefficient (Wildman–Crippen LogP) is -0.431. The molecule has 0 saturated carbocycles. The number of nitrogens with two attached hydrogens (primary N) is 1. The molecule has 1 saturated heterocycles. The fourth-order valence-electron chi connectivity index (χ4n) is 1.63. The lowest BCUT2D eigenvalue weighted by Gasteiger charge is -2.09. The highest BCUT2D eigenvalue weighted by Crippen LogP contribution is 2.13. The molecule has 1 unspecified atom stereocenters. The molecule has 1 heterocycles. The second-order valence-electron chi connectivity index (χ2n) is 3.70. The summed E-state index contributed by atoms with van der Waals surface area (Å²) in [6, 6.07) is 0. The number of carbonyl (C=O) groups excluding carboxylic acids is 1. The predicted molar refractivity (Wildman–Crippen MR) is 56.8 cm³/mol. The Bertz CT molecular complexity index is 215. The number of hydrogen-bond acceptors (Lipinski definition) is 3. The Morgan fingerprint density at radius 1 is 1.64 bits per heavy atom. The van der Waals surface area contributed by atoms with Crippen LogP contribution >= 0.6 is 0 Å². The van der Waals surface area contributed by atoms with Crippen LogP contribution in [-0.2, 0) is 4.79 Å². The van der Waals surface area contributed by atoms with Gasteiger partial charge in [0.25, 0.3) is 0 Å². The van der Waals surface area contributed by atoms with E-state index in [9.17, 15) is 4.79 Å². The van der Waals surface area contributed by atoms with Gasteiger partial charge in [0.15, 0.2) is 0 Å². The number of hydrogen-bond donors (Lipinski definition) is 2. The normalized spacial score (nSPS) is 23.1. The van der Waals surface area contributed by atoms with Crippen molar-refractivity contribution < 1.29 is 4.79 Å². The molecule has 0 radical (unpaired) electrons. The maximum absolute atomic E-state index is 11.6. The second kappa shape index (κ2) is 5.78. The van der Waals surface area contributed by atoms with Crippen molar-refractivity contribution in [2.45, 2.75) is 6.42 Å². The van der Waals surface area contributed by atoms with Gasteiger partial charge in [-0.25, -0.2) is 0 Å². The summed E-state index contributed by atoms with van der Waals surface area (Å²) in [6.45, 7) is 3.03. The minimum Gasteiger partial charge on any atom is -0.352 e. The number of rotatable bonds is 4. The van der Waals surface area contributed by atoms with E-state index in [1.807, 2.05) is 19.2 Å². The van der Waals surface area contributed by atoms with Gasteiger partial charge in [0.1, 0.15) is 0 Å². The summed E-state index contributed by atoms with van der Waals surface area (Å²) in [7, 11) is 2.04. The summed E-state index contributed by atoms with van der Waals surface area (Å²) in [5, 5.41) is 2.87. The van der Waals surface area contributed by atoms with E-state index in [2.05, 4.69) is 10.2 Å². The van der Waals surface area contributed by atoms with E-state index in [1.54, 1.807) is 0 Å². The van der Waals surface area contributed by atoms with Crippen molar-refractivity contribution in [1.29, 1.82) is 0 Å². The molecule has 1 rings (SSSR count). The Morgan fingerprint density at radius 3 is 3.00 bits per heavy atom. The van der Waals surface area contributed by atoms with Gasteiger partial charge in [-0.2, -0.15) is 0 Å². The van der Waals surface area contributed by atoms with Gasteiger partial charge in [0.05, 0.1) is 5.92 Å². The van der Waals surface area contributed by atoms with E-state index in [4.69, 9.17) is 5.73 Å². The zero-order valence-electron chi connectivity index (χ0n) is 8.70. The summed E-state index contributed by atoms with van der Waals surface area (Å²) in [5.41, 5.74) is 5.28. The van der Waals surface area contributed by atoms with Crippen LogP contribution in [0.25, 0.3) is 0 Å². The van der Waals surface area contributed by atoms with Gasteiger partial charge in [0, 0.05) is 19.6 Å². The number of nitrogens with one attached hydrogen (secondary N) is 1. The van der Waals surface area contributed by atoms with Crippen LogP contribution in [-0.4, -0.2) is 44.0 Å². The Labute approximate surface area is 85.1 Å². The second-order valence-corrected chi connectivity index (χ2v) is 3.70. The van der Waals surface area contributed by atoms with Gasteiger partial charge in [-0.05, 0) is 20.0 Å². The number of carbonyl (C=O) groups is 1. The van der Waals surface area contributed by atoms with Crippen molar-refractivity contribution in [3.8, 4) is 0 Å². The molecule has 80 valence electrons. The lowest BCUT2D eigenvalue weighted by molar-refractivity contribution is -0.124. The van der Waals surface area contributed by atoms with Crippen LogP contribution in [0.1, 0.15) is 6.42 Å². The number of amides is 1. The van der Waals surface area contributed by atoms with Gasteiger partial charge >= 0.3 is 0 Å². The van der Waals surface area contributed by atoms with Crippen LogP contribution in [0, 0.1) is 5.92 Å². The van der Waals surface area contributed by atoms with Crippen LogP contribution < -0.4 is 11.1 Å². The summed E-state index contributed by atoms with van der Waals surface area (Å²) >= 11 is 0. The van der Waals surface area contributed by atoms with Crippen molar-refractivity contribution in [3.63, 3.8) is 0 Å². The third-order valence-electron chi connectivity index (χ3n) is 2.46. The lowest BCUT2D eigenvalue weighted by atomic mass is 10.1. The fraction of sp³-hybridized carbons (Fsp3) is 0.700. The standard InChI is InChI=1S/C10H19N3O/c1-13-7-4-9(8-13)10(14)12-6-3-2-5-11/h2-3,9H,4-8,11H2,1H3,(H,12,14)/b3-2+. The van der Waals surface area contributed by atoms with E-state index < -0.39 is 0 Å². The molecule has 4 nitrogen and oxygen atoms in total. The number of nitrogens with zero attached hydrogens (tertiary/aromatic N) is 1. The minimum absolute atomic E-state index is 0.163. The molecule has 0 spiro atoms. The first-order valence-electron chi connectivity index (χ1n) is 5.05. The van der Waals surface area contributed by atoms with Crippen LogP contribution in [0.3, 0.4) is 0 Å². The summed E-state index contributed by atoms with van der Waals surface area (Å²) in [5.74, 6) is 0.335. The molecule has 3 N–H and O–H groups in total. The van der Waals surface area contributed by atoms with E-state index >= 15 is 0 Å². The van der Waals surface area contributed by atoms with Gasteiger partial charge < -0.3 is 16.0 Å². The molecule has 1 atom stereocenters. The first kappa shape index (κ1) is 11.2. The summed E-state index contributed by atoms with van der Waals surface area (Å²) in [4.78, 5) is 13.7. The molecule has 0 aromatic heterocycles. The SMILES string of the molecule is CN1CCC(C(=O)NC/C=C/CN)C1. The molecule has 1 fully saturated rings. The molecule has 0 bridgehead atoms. The molecule has 0 aromatic carbocycles. The quantitative estimate of drug-likeness (QED) is 0.601. The molecule has 0 aliphatic carbocycles. The monoisotopic (exact) mass is 197 g/mol. The maximum Gasteiger partial charge on any atom is 0.224 e. The fourth-order valence-corrected chi connectivity index (χ4v) is 1.63. The zero-order chi connectivity index (χ0) is 10.4. The molecule has 4 heteroatoms. The first-order valence-corrected chi connectivity index (χ1v) is 5.05. The zero-order valence-corrected chi connectivity index (χ0v) is 8.70. The Morgan fingerprint density at radius 2 is 2.43 bits per heavy atom. The van der Waals surface area contributed by atoms with Crippen molar-refractivity contribution >= 4 is 5.91 Å². The van der Waals surface area contributed by atoms with Crippen LogP contribution in [0.15, 0.2) is 12.2 Å². The Balaban J connectivity index is 2.18. The third-order valence-corrected chi connectivity index (χ3v) is 2.46. The third kappa shape index (κ3) is 3.47. The van der Waals surface area contributed by atoms with E-state index in [0.29, 0.717) is 13.1 Å². The van der Waals surface area contributed by atoms with Crippen molar-refractivity contribution in [2.24, 2.45) is 11.7 Å². The van der Waals surface area contributed by atoms with E-state index in [0.717, 1.165) is 19.5 Å². The molecule has 1 amide bonds. The van der Waals surface area contributed by atoms with Crippen LogP contribution in [0.5, 0.6) is 0 Å². The highest BCUT2D eigenvalue weighted by Gasteiger charge is 2.25. The highest BCUT2D eigenvalue weighted by atomic mass is 16.1. The van der Waals surface area contributed by atoms with E-state index in [-0.39, 0.29) is 11.8 Å². The molecule has 1 aliphatic rings. The topological polar surface area (TPSA) is 58.4 Å². The van der Waals surface area contributed by atoms with E-state index in [1.165, 1.54) is 0 Å². The van der Waals surface area contributed by atoms with Gasteiger partial charge in [0.2, 0.25) is 5.91 Å². The molecule has 0 aromatic rings. The molecule has 14 heavy (non-hydrogen) atoms. The highest BCUT2D eigenvalue weighted by molar-refractivity contribution is 5.79. The van der Waals surface area contributed by atoms with Crippen molar-refractivity contribution in [2.75, 3.05) is 33.2 Å². The molecular formula is C10H19N3O. The minimum atomic E-state index is 0.163. The van der Waals surface area contributed by atoms with Crippen LogP contribution in [0.2, 0.25) is 0 Å². The maximum atomic E-state index is 11.6. The Kier molecular flexibility index (Phi) is 4.62. The average Bonchev–Trinajstić information content (AvgIpc) is 2.59. The van der Waals surface area contributed by atoms with Crippen molar-refractivity contribution in [3.05, 3.63) is 12.2 Å². The molecular weight excluding hydrogens is 178 g/mol. The van der Waals surface area contributed by atoms with Gasteiger partial charge in [-0.15, -0.1) is 0 Å². The van der Waals surface area contributed by atoms with Crippen LogP contribution in [0.4, 0.5) is 0 Å². The molecule has 1 aliphatic heterocycles. The summed E-state index contributed by atoms with van der Waals surface area (Å²) in [6.07, 6.45) is 4.71. The van der Waals surface area contributed by atoms with Gasteiger partial charge in [-0.1, -0.05) is 12.2 Å². The average molecular weight is 197 g/mol. The Hall–Kier alpha value is -0.870. The largest absolute Gasteiger partial charge is 0.352 e. The first-order chi connectivity index (χ1) is 6.74. The number of likely N-dealkylation sites (tertiary alicyclic amines) is 1.